The molecular formula is C13H18N2O5. The Kier molecular flexibility index (Phi) is 5.04. The Morgan fingerprint density at radius 3 is 2.70 bits per heavy atom. The Morgan fingerprint density at radius 1 is 1.55 bits per heavy atom. The first kappa shape index (κ1) is 15.9. The summed E-state index contributed by atoms with van der Waals surface area (Å²) < 4.78 is 4.99. The quantitative estimate of drug-likeness (QED) is 0.608. The van der Waals surface area contributed by atoms with Crippen molar-refractivity contribution in [2.45, 2.75) is 25.9 Å². The van der Waals surface area contributed by atoms with Crippen LogP contribution in [0.4, 0.5) is 5.69 Å². The van der Waals surface area contributed by atoms with Crippen molar-refractivity contribution in [1.82, 2.24) is 5.32 Å². The van der Waals surface area contributed by atoms with Gasteiger partial charge in [-0.15, -0.1) is 0 Å². The van der Waals surface area contributed by atoms with Gasteiger partial charge in [-0.1, -0.05) is 13.0 Å². The molecule has 0 bridgehead atoms. The SMILES string of the molecule is CCC(C)(O)CNC(=O)c1c(OC)cccc1[N+](=O)[O-]. The van der Waals surface area contributed by atoms with Crippen LogP contribution in [0.1, 0.15) is 30.6 Å². The fourth-order valence-electron chi connectivity index (χ4n) is 1.55. The molecule has 0 radical (unpaired) electrons. The van der Waals surface area contributed by atoms with Crippen LogP contribution in [0.15, 0.2) is 18.2 Å². The molecule has 7 heteroatoms. The van der Waals surface area contributed by atoms with Crippen molar-refractivity contribution in [1.29, 1.82) is 0 Å². The third kappa shape index (κ3) is 3.67. The van der Waals surface area contributed by atoms with Crippen LogP contribution in [0.2, 0.25) is 0 Å². The van der Waals surface area contributed by atoms with E-state index in [1.807, 2.05) is 0 Å². The highest BCUT2D eigenvalue weighted by Gasteiger charge is 2.26. The molecule has 2 N–H and O–H groups in total. The summed E-state index contributed by atoms with van der Waals surface area (Å²) in [5, 5.41) is 23.3. The summed E-state index contributed by atoms with van der Waals surface area (Å²) in [6, 6.07) is 4.14. The zero-order valence-corrected chi connectivity index (χ0v) is 11.7. The highest BCUT2D eigenvalue weighted by atomic mass is 16.6. The van der Waals surface area contributed by atoms with E-state index in [-0.39, 0.29) is 23.5 Å². The molecule has 0 aliphatic carbocycles. The molecular weight excluding hydrogens is 264 g/mol. The Morgan fingerprint density at radius 2 is 2.20 bits per heavy atom. The van der Waals surface area contributed by atoms with Crippen molar-refractivity contribution in [2.75, 3.05) is 13.7 Å². The maximum Gasteiger partial charge on any atom is 0.285 e. The van der Waals surface area contributed by atoms with Crippen LogP contribution in [0.3, 0.4) is 0 Å². The van der Waals surface area contributed by atoms with Crippen LogP contribution in [0.5, 0.6) is 5.75 Å². The van der Waals surface area contributed by atoms with Crippen molar-refractivity contribution in [3.05, 3.63) is 33.9 Å². The van der Waals surface area contributed by atoms with Crippen LogP contribution in [0.25, 0.3) is 0 Å². The van der Waals surface area contributed by atoms with Crippen LogP contribution >= 0.6 is 0 Å². The molecule has 1 rings (SSSR count). The highest BCUT2D eigenvalue weighted by Crippen LogP contribution is 2.28. The summed E-state index contributed by atoms with van der Waals surface area (Å²) in [5.74, 6) is -0.532. The number of hydrogen-bond acceptors (Lipinski definition) is 5. The highest BCUT2D eigenvalue weighted by molar-refractivity contribution is 6.00. The van der Waals surface area contributed by atoms with Crippen molar-refractivity contribution < 1.29 is 19.6 Å². The first-order valence-corrected chi connectivity index (χ1v) is 6.14. The van der Waals surface area contributed by atoms with Gasteiger partial charge in [0.05, 0.1) is 17.6 Å². The minimum absolute atomic E-state index is 0.00244. The lowest BCUT2D eigenvalue weighted by atomic mass is 10.0. The average Bonchev–Trinajstić information content (AvgIpc) is 2.43. The van der Waals surface area contributed by atoms with Gasteiger partial charge in [-0.25, -0.2) is 0 Å². The number of aliphatic hydroxyl groups is 1. The summed E-state index contributed by atoms with van der Waals surface area (Å²) in [6.07, 6.45) is 0.446. The lowest BCUT2D eigenvalue weighted by Gasteiger charge is -2.21. The van der Waals surface area contributed by atoms with Crippen LogP contribution in [0, 0.1) is 10.1 Å². The van der Waals surface area contributed by atoms with E-state index in [0.717, 1.165) is 0 Å². The van der Waals surface area contributed by atoms with Crippen LogP contribution in [-0.2, 0) is 0 Å². The lowest BCUT2D eigenvalue weighted by molar-refractivity contribution is -0.385. The first-order valence-electron chi connectivity index (χ1n) is 6.14. The number of carbonyl (C=O) groups excluding carboxylic acids is 1. The third-order valence-corrected chi connectivity index (χ3v) is 3.04. The van der Waals surface area contributed by atoms with E-state index in [2.05, 4.69) is 5.32 Å². The van der Waals surface area contributed by atoms with Gasteiger partial charge in [-0.05, 0) is 19.4 Å². The summed E-state index contributed by atoms with van der Waals surface area (Å²) in [5.41, 5.74) is -1.54. The molecule has 7 nitrogen and oxygen atoms in total. The largest absolute Gasteiger partial charge is 0.496 e. The Hall–Kier alpha value is -2.15. The molecule has 1 amide bonds. The summed E-state index contributed by atoms with van der Waals surface area (Å²) in [7, 11) is 1.33. The number of hydrogen-bond donors (Lipinski definition) is 2. The molecule has 0 aliphatic rings. The van der Waals surface area contributed by atoms with E-state index in [1.54, 1.807) is 13.8 Å². The molecule has 0 fully saturated rings. The lowest BCUT2D eigenvalue weighted by Crippen LogP contribution is -2.40. The first-order chi connectivity index (χ1) is 9.32. The topological polar surface area (TPSA) is 102 Å². The van der Waals surface area contributed by atoms with Gasteiger partial charge >= 0.3 is 0 Å². The van der Waals surface area contributed by atoms with Gasteiger partial charge in [0.2, 0.25) is 0 Å². The number of nitrogens with zero attached hydrogens (tertiary/aromatic N) is 1. The number of nitro benzene ring substituents is 1. The summed E-state index contributed by atoms with van der Waals surface area (Å²) in [6.45, 7) is 3.35. The maximum absolute atomic E-state index is 12.1. The standard InChI is InChI=1S/C13H18N2O5/c1-4-13(2,17)8-14-12(16)11-9(15(18)19)6-5-7-10(11)20-3/h5-7,17H,4,8H2,1-3H3,(H,14,16). The molecule has 110 valence electrons. The fraction of sp³-hybridized carbons (Fsp3) is 0.462. The maximum atomic E-state index is 12.1. The number of ether oxygens (including phenoxy) is 1. The van der Waals surface area contributed by atoms with Crippen LogP contribution in [-0.4, -0.2) is 35.2 Å². The zero-order chi connectivity index (χ0) is 15.3. The molecule has 1 unspecified atom stereocenters. The third-order valence-electron chi connectivity index (χ3n) is 3.04. The van der Waals surface area contributed by atoms with Gasteiger partial charge in [0.15, 0.2) is 5.56 Å². The number of amides is 1. The van der Waals surface area contributed by atoms with Crippen molar-refractivity contribution >= 4 is 11.6 Å². The molecule has 1 atom stereocenters. The van der Waals surface area contributed by atoms with E-state index in [4.69, 9.17) is 4.74 Å². The second-order valence-corrected chi connectivity index (χ2v) is 4.64. The Balaban J connectivity index is 3.05. The van der Waals surface area contributed by atoms with E-state index in [0.29, 0.717) is 6.42 Å². The predicted molar refractivity (Wildman–Crippen MR) is 72.9 cm³/mol. The Bertz CT molecular complexity index is 513. The number of nitro groups is 1. The van der Waals surface area contributed by atoms with E-state index in [9.17, 15) is 20.0 Å². The van der Waals surface area contributed by atoms with Crippen molar-refractivity contribution in [3.63, 3.8) is 0 Å². The smallest absolute Gasteiger partial charge is 0.285 e. The molecule has 0 heterocycles. The van der Waals surface area contributed by atoms with E-state index >= 15 is 0 Å². The van der Waals surface area contributed by atoms with Gasteiger partial charge in [0.25, 0.3) is 11.6 Å². The molecule has 1 aromatic rings. The summed E-state index contributed by atoms with van der Waals surface area (Å²) in [4.78, 5) is 22.4. The van der Waals surface area contributed by atoms with Gasteiger partial charge in [-0.2, -0.15) is 0 Å². The molecule has 0 spiro atoms. The van der Waals surface area contributed by atoms with Gasteiger partial charge < -0.3 is 15.2 Å². The Labute approximate surface area is 116 Å². The average molecular weight is 282 g/mol. The normalized spacial score (nSPS) is 13.4. The zero-order valence-electron chi connectivity index (χ0n) is 11.7. The van der Waals surface area contributed by atoms with Gasteiger partial charge in [0.1, 0.15) is 5.75 Å². The fourth-order valence-corrected chi connectivity index (χ4v) is 1.55. The van der Waals surface area contributed by atoms with Gasteiger partial charge in [-0.3, -0.25) is 14.9 Å². The van der Waals surface area contributed by atoms with Crippen LogP contribution < -0.4 is 10.1 Å². The molecule has 20 heavy (non-hydrogen) atoms. The number of methoxy groups -OCH3 is 1. The monoisotopic (exact) mass is 282 g/mol. The molecule has 0 aliphatic heterocycles. The number of carbonyl (C=O) groups is 1. The minimum atomic E-state index is -1.06. The second-order valence-electron chi connectivity index (χ2n) is 4.64. The van der Waals surface area contributed by atoms with Crippen molar-refractivity contribution in [2.24, 2.45) is 0 Å². The summed E-state index contributed by atoms with van der Waals surface area (Å²) >= 11 is 0. The van der Waals surface area contributed by atoms with E-state index in [1.165, 1.54) is 25.3 Å². The number of rotatable bonds is 6. The molecule has 0 aromatic heterocycles. The molecule has 0 saturated heterocycles. The van der Waals surface area contributed by atoms with Crippen molar-refractivity contribution in [3.8, 4) is 5.75 Å². The van der Waals surface area contributed by atoms with E-state index < -0.39 is 16.4 Å². The second kappa shape index (κ2) is 6.33. The molecule has 1 aromatic carbocycles. The number of benzene rings is 1. The van der Waals surface area contributed by atoms with Gasteiger partial charge in [0, 0.05) is 12.6 Å². The number of nitrogens with one attached hydrogen (secondary N) is 1. The predicted octanol–water partition coefficient (Wildman–Crippen LogP) is 1.49. The molecule has 0 saturated carbocycles. The minimum Gasteiger partial charge on any atom is -0.496 e.